The topological polar surface area (TPSA) is 146 Å². The monoisotopic (exact) mass is 485 g/mol. The Morgan fingerprint density at radius 1 is 0.909 bits per heavy atom. The van der Waals surface area contributed by atoms with Crippen LogP contribution in [0.25, 0.3) is 0 Å². The van der Waals surface area contributed by atoms with Crippen molar-refractivity contribution in [1.29, 1.82) is 0 Å². The quantitative estimate of drug-likeness (QED) is 0.348. The first-order chi connectivity index (χ1) is 15.7. The van der Waals surface area contributed by atoms with E-state index in [9.17, 15) is 24.3 Å². The van der Waals surface area contributed by atoms with Gasteiger partial charge in [0.05, 0.1) is 27.5 Å². The lowest BCUT2D eigenvalue weighted by molar-refractivity contribution is -0.113. The zero-order valence-electron chi connectivity index (χ0n) is 16.7. The zero-order chi connectivity index (χ0) is 24.0. The lowest BCUT2D eigenvalue weighted by atomic mass is 10.0. The van der Waals surface area contributed by atoms with Gasteiger partial charge >= 0.3 is 11.9 Å². The Bertz CT molecular complexity index is 1230. The molecule has 0 radical (unpaired) electrons. The maximum absolute atomic E-state index is 12.6. The number of hydrogen-bond donors (Lipinski definition) is 4. The minimum Gasteiger partial charge on any atom is -0.478 e. The smallest absolute Gasteiger partial charge is 0.336 e. The number of carbonyl (C=O) groups excluding carboxylic acids is 2. The van der Waals surface area contributed by atoms with Crippen molar-refractivity contribution in [2.24, 2.45) is 0 Å². The highest BCUT2D eigenvalue weighted by atomic mass is 35.5. The van der Waals surface area contributed by atoms with Crippen molar-refractivity contribution in [1.82, 2.24) is 4.98 Å². The average Bonchev–Trinajstić information content (AvgIpc) is 2.79. The fraction of sp³-hybridized carbons (Fsp3) is 0.0455. The van der Waals surface area contributed by atoms with Crippen LogP contribution >= 0.6 is 23.4 Å². The maximum atomic E-state index is 12.6. The summed E-state index contributed by atoms with van der Waals surface area (Å²) in [6, 6.07) is 13.1. The van der Waals surface area contributed by atoms with Crippen LogP contribution in [-0.2, 0) is 4.79 Å². The van der Waals surface area contributed by atoms with E-state index in [0.717, 1.165) is 18.2 Å². The molecule has 0 aliphatic rings. The summed E-state index contributed by atoms with van der Waals surface area (Å²) in [5.74, 6) is -3.26. The highest BCUT2D eigenvalue weighted by molar-refractivity contribution is 8.00. The minimum atomic E-state index is -1.42. The van der Waals surface area contributed by atoms with Crippen molar-refractivity contribution in [3.63, 3.8) is 0 Å². The van der Waals surface area contributed by atoms with Crippen LogP contribution in [-0.4, -0.2) is 44.7 Å². The molecule has 0 saturated carbocycles. The number of nitrogens with one attached hydrogen (secondary N) is 2. The Kier molecular flexibility index (Phi) is 7.65. The van der Waals surface area contributed by atoms with E-state index in [4.69, 9.17) is 16.7 Å². The highest BCUT2D eigenvalue weighted by Crippen LogP contribution is 2.23. The first-order valence-corrected chi connectivity index (χ1v) is 10.7. The molecule has 0 atom stereocenters. The van der Waals surface area contributed by atoms with Crippen LogP contribution < -0.4 is 10.6 Å². The number of rotatable bonds is 8. The molecule has 0 saturated heterocycles. The number of halogens is 1. The molecule has 1 heterocycles. The molecule has 0 unspecified atom stereocenters. The van der Waals surface area contributed by atoms with Crippen molar-refractivity contribution in [3.05, 3.63) is 82.5 Å². The van der Waals surface area contributed by atoms with Gasteiger partial charge in [-0.25, -0.2) is 14.6 Å². The molecule has 0 fully saturated rings. The summed E-state index contributed by atoms with van der Waals surface area (Å²) in [7, 11) is 0. The molecule has 2 aromatic carbocycles. The number of aromatic nitrogens is 1. The van der Waals surface area contributed by atoms with Crippen LogP contribution in [0.5, 0.6) is 0 Å². The number of carboxylic acids is 2. The molecule has 0 bridgehead atoms. The third-order valence-electron chi connectivity index (χ3n) is 4.20. The Morgan fingerprint density at radius 2 is 1.70 bits per heavy atom. The third-order valence-corrected chi connectivity index (χ3v) is 5.42. The Morgan fingerprint density at radius 3 is 2.36 bits per heavy atom. The van der Waals surface area contributed by atoms with Gasteiger partial charge in [0.1, 0.15) is 5.82 Å². The van der Waals surface area contributed by atoms with E-state index < -0.39 is 23.4 Å². The number of pyridine rings is 1. The summed E-state index contributed by atoms with van der Waals surface area (Å²) in [6.45, 7) is 0. The number of aromatic carboxylic acids is 2. The highest BCUT2D eigenvalue weighted by Gasteiger charge is 2.19. The van der Waals surface area contributed by atoms with Gasteiger partial charge in [0.25, 0.3) is 5.91 Å². The van der Waals surface area contributed by atoms with Gasteiger partial charge in [-0.15, -0.1) is 11.8 Å². The van der Waals surface area contributed by atoms with Gasteiger partial charge in [-0.2, -0.15) is 0 Å². The summed E-state index contributed by atoms with van der Waals surface area (Å²) in [4.78, 5) is 52.0. The van der Waals surface area contributed by atoms with E-state index in [-0.39, 0.29) is 22.8 Å². The fourth-order valence-corrected chi connectivity index (χ4v) is 3.56. The van der Waals surface area contributed by atoms with E-state index >= 15 is 0 Å². The van der Waals surface area contributed by atoms with Crippen molar-refractivity contribution >= 4 is 58.6 Å². The van der Waals surface area contributed by atoms with Crippen LogP contribution in [0, 0.1) is 0 Å². The van der Waals surface area contributed by atoms with Crippen molar-refractivity contribution in [2.75, 3.05) is 16.4 Å². The summed E-state index contributed by atoms with van der Waals surface area (Å²) in [5, 5.41) is 24.1. The lowest BCUT2D eigenvalue weighted by Gasteiger charge is -2.10. The van der Waals surface area contributed by atoms with Crippen LogP contribution in [0.2, 0.25) is 5.02 Å². The molecule has 11 heteroatoms. The van der Waals surface area contributed by atoms with Crippen LogP contribution in [0.15, 0.2) is 65.7 Å². The van der Waals surface area contributed by atoms with Gasteiger partial charge in [-0.3, -0.25) is 9.59 Å². The molecular weight excluding hydrogens is 470 g/mol. The molecule has 33 heavy (non-hydrogen) atoms. The standard InChI is InChI=1S/C22H16ClN3O6S/c23-13-5-7-18(24-10-13)26-19(27)11-33-15-3-1-2-14(9-15)25-20(28)16-6-4-12(21(29)30)8-17(16)22(31)32/h1-10H,11H2,(H,25,28)(H,29,30)(H,31,32)(H,24,26,27). The van der Waals surface area contributed by atoms with Gasteiger partial charge in [0.15, 0.2) is 0 Å². The van der Waals surface area contributed by atoms with Crippen LogP contribution in [0.1, 0.15) is 31.1 Å². The summed E-state index contributed by atoms with van der Waals surface area (Å²) >= 11 is 6.99. The van der Waals surface area contributed by atoms with Crippen molar-refractivity contribution in [3.8, 4) is 0 Å². The van der Waals surface area contributed by atoms with E-state index in [0.29, 0.717) is 21.4 Å². The number of amides is 2. The van der Waals surface area contributed by atoms with Gasteiger partial charge in [0.2, 0.25) is 5.91 Å². The molecule has 0 aliphatic heterocycles. The van der Waals surface area contributed by atoms with E-state index in [1.54, 1.807) is 36.4 Å². The number of carboxylic acid groups (broad SMARTS) is 2. The normalized spacial score (nSPS) is 10.3. The second-order valence-corrected chi connectivity index (χ2v) is 8.04. The maximum Gasteiger partial charge on any atom is 0.336 e. The second-order valence-electron chi connectivity index (χ2n) is 6.55. The summed E-state index contributed by atoms with van der Waals surface area (Å²) in [5.41, 5.74) is -0.469. The molecule has 0 spiro atoms. The number of anilines is 2. The molecule has 2 amide bonds. The van der Waals surface area contributed by atoms with Crippen molar-refractivity contribution in [2.45, 2.75) is 4.90 Å². The first-order valence-electron chi connectivity index (χ1n) is 9.29. The predicted octanol–water partition coefficient (Wildman–Crippen LogP) is 4.11. The van der Waals surface area contributed by atoms with E-state index in [1.807, 2.05) is 0 Å². The number of nitrogens with zero attached hydrogens (tertiary/aromatic N) is 1. The first kappa shape index (κ1) is 23.8. The molecule has 3 aromatic rings. The zero-order valence-corrected chi connectivity index (χ0v) is 18.3. The third kappa shape index (κ3) is 6.55. The summed E-state index contributed by atoms with van der Waals surface area (Å²) in [6.07, 6.45) is 1.42. The Hall–Kier alpha value is -3.89. The number of carbonyl (C=O) groups is 4. The molecule has 168 valence electrons. The van der Waals surface area contributed by atoms with Crippen molar-refractivity contribution < 1.29 is 29.4 Å². The molecule has 4 N–H and O–H groups in total. The molecule has 0 aliphatic carbocycles. The van der Waals surface area contributed by atoms with E-state index in [1.165, 1.54) is 18.0 Å². The Balaban J connectivity index is 1.65. The summed E-state index contributed by atoms with van der Waals surface area (Å²) < 4.78 is 0. The number of hydrogen-bond acceptors (Lipinski definition) is 6. The van der Waals surface area contributed by atoms with E-state index in [2.05, 4.69) is 15.6 Å². The molecule has 3 rings (SSSR count). The predicted molar refractivity (Wildman–Crippen MR) is 123 cm³/mol. The minimum absolute atomic E-state index is 0.0848. The fourth-order valence-electron chi connectivity index (χ4n) is 2.69. The van der Waals surface area contributed by atoms with Gasteiger partial charge in [-0.05, 0) is 48.5 Å². The van der Waals surface area contributed by atoms with Gasteiger partial charge < -0.3 is 20.8 Å². The van der Waals surface area contributed by atoms with Crippen LogP contribution in [0.4, 0.5) is 11.5 Å². The van der Waals surface area contributed by atoms with Gasteiger partial charge in [0, 0.05) is 16.8 Å². The van der Waals surface area contributed by atoms with Gasteiger partial charge in [-0.1, -0.05) is 17.7 Å². The lowest BCUT2D eigenvalue weighted by Crippen LogP contribution is -2.17. The van der Waals surface area contributed by atoms with Crippen LogP contribution in [0.3, 0.4) is 0 Å². The second kappa shape index (κ2) is 10.6. The number of benzene rings is 2. The molecule has 1 aromatic heterocycles. The molecular formula is C22H16ClN3O6S. The average molecular weight is 486 g/mol. The number of thioether (sulfide) groups is 1. The largest absolute Gasteiger partial charge is 0.478 e. The molecule has 9 nitrogen and oxygen atoms in total. The Labute approximate surface area is 196 Å². The SMILES string of the molecule is O=C(CSc1cccc(NC(=O)c2ccc(C(=O)O)cc2C(=O)O)c1)Nc1ccc(Cl)cn1.